The summed E-state index contributed by atoms with van der Waals surface area (Å²) in [7, 11) is 0. The molecule has 21 heavy (non-hydrogen) atoms. The number of para-hydroxylation sites is 2. The second kappa shape index (κ2) is 6.88. The zero-order valence-electron chi connectivity index (χ0n) is 12.5. The molecule has 1 atom stereocenters. The van der Waals surface area contributed by atoms with E-state index in [2.05, 4.69) is 6.92 Å². The van der Waals surface area contributed by atoms with E-state index in [4.69, 9.17) is 20.9 Å². The van der Waals surface area contributed by atoms with Crippen molar-refractivity contribution in [3.8, 4) is 11.5 Å². The van der Waals surface area contributed by atoms with Crippen LogP contribution in [0.5, 0.6) is 11.5 Å². The third kappa shape index (κ3) is 4.05. The second-order valence-corrected chi connectivity index (χ2v) is 5.01. The second-order valence-electron chi connectivity index (χ2n) is 5.01. The van der Waals surface area contributed by atoms with Gasteiger partial charge in [0.2, 0.25) is 6.29 Å². The maximum Gasteiger partial charge on any atom is 0.241 e. The van der Waals surface area contributed by atoms with E-state index in [-0.39, 0.29) is 6.29 Å². The molecule has 0 radical (unpaired) electrons. The van der Waals surface area contributed by atoms with Crippen molar-refractivity contribution in [2.24, 2.45) is 0 Å². The van der Waals surface area contributed by atoms with Crippen LogP contribution >= 0.6 is 0 Å². The van der Waals surface area contributed by atoms with E-state index < -0.39 is 0 Å². The molecule has 112 valence electrons. The standard InChI is InChI=1S/C17H22N2O2/c1-3-6-17(21-16-8-5-4-7-15(16)19)20-13-9-10-14(18)12(2)11-13/h4-5,7-11,17H,3,6,18-19H2,1-2H3. The lowest BCUT2D eigenvalue weighted by Gasteiger charge is -2.21. The number of nitrogens with two attached hydrogens (primary N) is 2. The highest BCUT2D eigenvalue weighted by Crippen LogP contribution is 2.25. The van der Waals surface area contributed by atoms with Gasteiger partial charge in [-0.1, -0.05) is 19.1 Å². The molecule has 0 fully saturated rings. The number of benzene rings is 2. The van der Waals surface area contributed by atoms with E-state index >= 15 is 0 Å². The van der Waals surface area contributed by atoms with Gasteiger partial charge in [-0.25, -0.2) is 0 Å². The van der Waals surface area contributed by atoms with Gasteiger partial charge < -0.3 is 20.9 Å². The summed E-state index contributed by atoms with van der Waals surface area (Å²) in [4.78, 5) is 0. The Bertz CT molecular complexity index is 599. The van der Waals surface area contributed by atoms with Crippen molar-refractivity contribution in [1.82, 2.24) is 0 Å². The van der Waals surface area contributed by atoms with Crippen molar-refractivity contribution in [3.05, 3.63) is 48.0 Å². The molecule has 4 N–H and O–H groups in total. The molecule has 0 heterocycles. The molecule has 2 aromatic carbocycles. The molecule has 0 aliphatic rings. The Labute approximate surface area is 125 Å². The van der Waals surface area contributed by atoms with Gasteiger partial charge in [-0.05, 0) is 49.2 Å². The molecule has 0 saturated carbocycles. The maximum absolute atomic E-state index is 5.92. The summed E-state index contributed by atoms with van der Waals surface area (Å²) in [5.41, 5.74) is 14.1. The Morgan fingerprint density at radius 2 is 1.76 bits per heavy atom. The SMILES string of the molecule is CCCC(Oc1ccc(N)c(C)c1)Oc1ccccc1N. The lowest BCUT2D eigenvalue weighted by molar-refractivity contribution is -0.000494. The molecule has 0 saturated heterocycles. The molecule has 1 unspecified atom stereocenters. The first-order valence-corrected chi connectivity index (χ1v) is 7.14. The van der Waals surface area contributed by atoms with Crippen LogP contribution < -0.4 is 20.9 Å². The summed E-state index contributed by atoms with van der Waals surface area (Å²) >= 11 is 0. The summed E-state index contributed by atoms with van der Waals surface area (Å²) in [6.07, 6.45) is 1.35. The van der Waals surface area contributed by atoms with Crippen LogP contribution in [0.1, 0.15) is 25.3 Å². The van der Waals surface area contributed by atoms with Crippen molar-refractivity contribution in [2.75, 3.05) is 11.5 Å². The molecule has 2 rings (SSSR count). The Morgan fingerprint density at radius 3 is 2.43 bits per heavy atom. The molecule has 2 aromatic rings. The van der Waals surface area contributed by atoms with Crippen molar-refractivity contribution in [2.45, 2.75) is 33.0 Å². The van der Waals surface area contributed by atoms with E-state index in [1.54, 1.807) is 0 Å². The van der Waals surface area contributed by atoms with Crippen molar-refractivity contribution < 1.29 is 9.47 Å². The van der Waals surface area contributed by atoms with Crippen LogP contribution in [-0.2, 0) is 0 Å². The van der Waals surface area contributed by atoms with Gasteiger partial charge in [0, 0.05) is 12.1 Å². The minimum Gasteiger partial charge on any atom is -0.455 e. The fourth-order valence-corrected chi connectivity index (χ4v) is 1.98. The molecule has 0 bridgehead atoms. The van der Waals surface area contributed by atoms with Crippen molar-refractivity contribution in [3.63, 3.8) is 0 Å². The number of hydrogen-bond acceptors (Lipinski definition) is 4. The molecule has 0 aromatic heterocycles. The minimum absolute atomic E-state index is 0.372. The molecule has 0 spiro atoms. The molecular formula is C17H22N2O2. The fourth-order valence-electron chi connectivity index (χ4n) is 1.98. The number of ether oxygens (including phenoxy) is 2. The highest BCUT2D eigenvalue weighted by Gasteiger charge is 2.13. The van der Waals surface area contributed by atoms with Gasteiger partial charge in [0.25, 0.3) is 0 Å². The lowest BCUT2D eigenvalue weighted by Crippen LogP contribution is -2.24. The first kappa shape index (κ1) is 15.0. The maximum atomic E-state index is 5.92. The molecule has 0 aliphatic carbocycles. The third-order valence-electron chi connectivity index (χ3n) is 3.21. The largest absolute Gasteiger partial charge is 0.455 e. The molecule has 0 amide bonds. The smallest absolute Gasteiger partial charge is 0.241 e. The van der Waals surface area contributed by atoms with Crippen LogP contribution in [-0.4, -0.2) is 6.29 Å². The molecule has 4 heteroatoms. The Balaban J connectivity index is 2.11. The van der Waals surface area contributed by atoms with Gasteiger partial charge >= 0.3 is 0 Å². The Kier molecular flexibility index (Phi) is 4.93. The molecular weight excluding hydrogens is 264 g/mol. The molecule has 0 aliphatic heterocycles. The van der Waals surface area contributed by atoms with Crippen LogP contribution in [0.15, 0.2) is 42.5 Å². The minimum atomic E-state index is -0.372. The van der Waals surface area contributed by atoms with Crippen molar-refractivity contribution in [1.29, 1.82) is 0 Å². The van der Waals surface area contributed by atoms with E-state index in [0.717, 1.165) is 29.8 Å². The lowest BCUT2D eigenvalue weighted by atomic mass is 10.2. The predicted molar refractivity (Wildman–Crippen MR) is 86.4 cm³/mol. The van der Waals surface area contributed by atoms with Crippen LogP contribution in [0.4, 0.5) is 11.4 Å². The average Bonchev–Trinajstić information content (AvgIpc) is 2.46. The van der Waals surface area contributed by atoms with Gasteiger partial charge in [-0.3, -0.25) is 0 Å². The third-order valence-corrected chi connectivity index (χ3v) is 3.21. The van der Waals surface area contributed by atoms with Crippen LogP contribution in [0.25, 0.3) is 0 Å². The fraction of sp³-hybridized carbons (Fsp3) is 0.294. The van der Waals surface area contributed by atoms with Crippen molar-refractivity contribution >= 4 is 11.4 Å². The van der Waals surface area contributed by atoms with E-state index in [9.17, 15) is 0 Å². The van der Waals surface area contributed by atoms with Crippen LogP contribution in [0, 0.1) is 6.92 Å². The van der Waals surface area contributed by atoms with Gasteiger partial charge in [0.15, 0.2) is 0 Å². The van der Waals surface area contributed by atoms with Crippen LogP contribution in [0.2, 0.25) is 0 Å². The van der Waals surface area contributed by atoms with E-state index in [1.807, 2.05) is 49.4 Å². The number of aryl methyl sites for hydroxylation is 1. The van der Waals surface area contributed by atoms with Crippen LogP contribution in [0.3, 0.4) is 0 Å². The zero-order chi connectivity index (χ0) is 15.2. The summed E-state index contributed by atoms with van der Waals surface area (Å²) in [6.45, 7) is 4.04. The highest BCUT2D eigenvalue weighted by atomic mass is 16.7. The predicted octanol–water partition coefficient (Wildman–Crippen LogP) is 3.74. The summed E-state index contributed by atoms with van der Waals surface area (Å²) in [5.74, 6) is 1.39. The Morgan fingerprint density at radius 1 is 1.00 bits per heavy atom. The summed E-state index contributed by atoms with van der Waals surface area (Å²) in [5, 5.41) is 0. The monoisotopic (exact) mass is 286 g/mol. The first-order chi connectivity index (χ1) is 10.1. The Hall–Kier alpha value is -2.36. The zero-order valence-corrected chi connectivity index (χ0v) is 12.5. The number of hydrogen-bond donors (Lipinski definition) is 2. The van der Waals surface area contributed by atoms with Gasteiger partial charge in [-0.2, -0.15) is 0 Å². The quantitative estimate of drug-likeness (QED) is 0.627. The molecule has 4 nitrogen and oxygen atoms in total. The average molecular weight is 286 g/mol. The highest BCUT2D eigenvalue weighted by molar-refractivity contribution is 5.52. The normalized spacial score (nSPS) is 11.9. The topological polar surface area (TPSA) is 70.5 Å². The number of nitrogen functional groups attached to an aromatic ring is 2. The number of rotatable bonds is 6. The first-order valence-electron chi connectivity index (χ1n) is 7.14. The van der Waals surface area contributed by atoms with E-state index in [0.29, 0.717) is 11.4 Å². The summed E-state index contributed by atoms with van der Waals surface area (Å²) in [6, 6.07) is 13.0. The van der Waals surface area contributed by atoms with Gasteiger partial charge in [0.1, 0.15) is 11.5 Å². The van der Waals surface area contributed by atoms with Gasteiger partial charge in [0.05, 0.1) is 5.69 Å². The van der Waals surface area contributed by atoms with Gasteiger partial charge in [-0.15, -0.1) is 0 Å². The summed E-state index contributed by atoms with van der Waals surface area (Å²) < 4.78 is 11.8. The van der Waals surface area contributed by atoms with E-state index in [1.165, 1.54) is 0 Å². The number of anilines is 2.